The second kappa shape index (κ2) is 9.51. The standard InChI is InChI=1S/C20H25ClN6O5/c1-20(2,3)27(19(30)31)14-8-11(18-26-23-10-32-18)4-6-13(14)24-16(28)17(29)25-15-7-5-12(21)9-22-15/h5,7,9-11,13-14H,4,6,8H2,1-3H3,(H,24,28)(H,30,31)(H,22,25,29)/t11-,13-,14+/m0/s1. The summed E-state index contributed by atoms with van der Waals surface area (Å²) in [6, 6.07) is 1.81. The lowest BCUT2D eigenvalue weighted by Gasteiger charge is -2.46. The number of carbonyl (C=O) groups is 3. The molecule has 0 aromatic carbocycles. The van der Waals surface area contributed by atoms with Crippen molar-refractivity contribution in [2.75, 3.05) is 5.32 Å². The molecule has 3 atom stereocenters. The van der Waals surface area contributed by atoms with E-state index in [4.69, 9.17) is 16.0 Å². The Balaban J connectivity index is 1.77. The first-order valence-electron chi connectivity index (χ1n) is 10.1. The van der Waals surface area contributed by atoms with Crippen molar-refractivity contribution < 1.29 is 23.9 Å². The normalized spacial score (nSPS) is 20.9. The van der Waals surface area contributed by atoms with Crippen molar-refractivity contribution in [3.05, 3.63) is 35.6 Å². The molecular formula is C20H25ClN6O5. The van der Waals surface area contributed by atoms with Gasteiger partial charge in [0.1, 0.15) is 5.82 Å². The average molecular weight is 465 g/mol. The molecule has 11 nitrogen and oxygen atoms in total. The molecule has 2 aromatic heterocycles. The fraction of sp³-hybridized carbons (Fsp3) is 0.500. The van der Waals surface area contributed by atoms with Gasteiger partial charge in [0.05, 0.1) is 11.1 Å². The third kappa shape index (κ3) is 5.52. The van der Waals surface area contributed by atoms with Gasteiger partial charge < -0.3 is 20.2 Å². The molecule has 0 aliphatic heterocycles. The summed E-state index contributed by atoms with van der Waals surface area (Å²) in [7, 11) is 0. The van der Waals surface area contributed by atoms with Gasteiger partial charge in [-0.2, -0.15) is 0 Å². The lowest BCUT2D eigenvalue weighted by molar-refractivity contribution is -0.137. The van der Waals surface area contributed by atoms with Crippen LogP contribution in [0.15, 0.2) is 29.1 Å². The summed E-state index contributed by atoms with van der Waals surface area (Å²) in [4.78, 5) is 42.3. The van der Waals surface area contributed by atoms with E-state index in [0.717, 1.165) is 0 Å². The first-order chi connectivity index (χ1) is 15.1. The molecule has 3 amide bonds. The van der Waals surface area contributed by atoms with Crippen molar-refractivity contribution >= 4 is 35.3 Å². The number of aromatic nitrogens is 3. The summed E-state index contributed by atoms with van der Waals surface area (Å²) in [6.07, 6.45) is 2.82. The van der Waals surface area contributed by atoms with E-state index in [1.165, 1.54) is 29.6 Å². The smallest absolute Gasteiger partial charge is 0.408 e. The molecular weight excluding hydrogens is 440 g/mol. The Hall–Kier alpha value is -3.21. The number of nitrogens with zero attached hydrogens (tertiary/aromatic N) is 4. The Labute approximate surface area is 189 Å². The van der Waals surface area contributed by atoms with Gasteiger partial charge in [0.2, 0.25) is 12.3 Å². The second-order valence-corrected chi connectivity index (χ2v) is 9.01. The molecule has 2 heterocycles. The number of anilines is 1. The Morgan fingerprint density at radius 3 is 2.53 bits per heavy atom. The van der Waals surface area contributed by atoms with E-state index in [0.29, 0.717) is 30.2 Å². The van der Waals surface area contributed by atoms with Gasteiger partial charge >= 0.3 is 17.9 Å². The number of hydrogen-bond acceptors (Lipinski definition) is 7. The SMILES string of the molecule is CC(C)(C)N(C(=O)O)[C@@H]1C[C@@H](c2nnco2)CC[C@@H]1NC(=O)C(=O)Nc1ccc(Cl)cn1. The van der Waals surface area contributed by atoms with Gasteiger partial charge in [0.25, 0.3) is 0 Å². The number of nitrogens with one attached hydrogen (secondary N) is 2. The predicted molar refractivity (Wildman–Crippen MR) is 114 cm³/mol. The summed E-state index contributed by atoms with van der Waals surface area (Å²) < 4.78 is 5.32. The van der Waals surface area contributed by atoms with Crippen LogP contribution in [-0.4, -0.2) is 60.7 Å². The van der Waals surface area contributed by atoms with Gasteiger partial charge in [-0.05, 0) is 52.2 Å². The Morgan fingerprint density at radius 2 is 1.97 bits per heavy atom. The third-order valence-electron chi connectivity index (χ3n) is 5.29. The molecule has 1 fully saturated rings. The highest BCUT2D eigenvalue weighted by molar-refractivity contribution is 6.39. The minimum Gasteiger partial charge on any atom is -0.465 e. The molecule has 3 N–H and O–H groups in total. The van der Waals surface area contributed by atoms with E-state index >= 15 is 0 Å². The lowest BCUT2D eigenvalue weighted by atomic mass is 9.80. The molecule has 12 heteroatoms. The lowest BCUT2D eigenvalue weighted by Crippen LogP contribution is -2.61. The molecule has 1 aliphatic carbocycles. The molecule has 0 radical (unpaired) electrons. The molecule has 172 valence electrons. The Kier molecular flexibility index (Phi) is 6.97. The van der Waals surface area contributed by atoms with E-state index in [2.05, 4.69) is 25.8 Å². The molecule has 32 heavy (non-hydrogen) atoms. The number of hydrogen-bond donors (Lipinski definition) is 3. The van der Waals surface area contributed by atoms with Crippen LogP contribution in [-0.2, 0) is 9.59 Å². The number of amides is 3. The van der Waals surface area contributed by atoms with Gasteiger partial charge in [-0.3, -0.25) is 14.5 Å². The highest BCUT2D eigenvalue weighted by Crippen LogP contribution is 2.36. The summed E-state index contributed by atoms with van der Waals surface area (Å²) in [5.74, 6) is -1.35. The van der Waals surface area contributed by atoms with Crippen LogP contribution in [0.2, 0.25) is 5.02 Å². The van der Waals surface area contributed by atoms with E-state index in [-0.39, 0.29) is 11.7 Å². The highest BCUT2D eigenvalue weighted by Gasteiger charge is 2.43. The van der Waals surface area contributed by atoms with Crippen LogP contribution in [0.1, 0.15) is 51.8 Å². The van der Waals surface area contributed by atoms with E-state index in [1.807, 2.05) is 0 Å². The minimum absolute atomic E-state index is 0.160. The molecule has 0 unspecified atom stereocenters. The van der Waals surface area contributed by atoms with Crippen molar-refractivity contribution in [1.29, 1.82) is 0 Å². The van der Waals surface area contributed by atoms with Gasteiger partial charge in [-0.1, -0.05) is 11.6 Å². The average Bonchev–Trinajstić information content (AvgIpc) is 3.24. The number of halogens is 1. The summed E-state index contributed by atoms with van der Waals surface area (Å²) in [5, 5.41) is 23.1. The monoisotopic (exact) mass is 464 g/mol. The van der Waals surface area contributed by atoms with E-state index in [9.17, 15) is 19.5 Å². The highest BCUT2D eigenvalue weighted by atomic mass is 35.5. The summed E-state index contributed by atoms with van der Waals surface area (Å²) >= 11 is 5.77. The zero-order valence-corrected chi connectivity index (χ0v) is 18.7. The van der Waals surface area contributed by atoms with Gasteiger partial charge in [0.15, 0.2) is 0 Å². The van der Waals surface area contributed by atoms with Crippen LogP contribution >= 0.6 is 11.6 Å². The second-order valence-electron chi connectivity index (χ2n) is 8.57. The van der Waals surface area contributed by atoms with Crippen LogP contribution < -0.4 is 10.6 Å². The van der Waals surface area contributed by atoms with Crippen LogP contribution in [0.4, 0.5) is 10.6 Å². The number of rotatable bonds is 4. The first kappa shape index (κ1) is 23.5. The molecule has 1 aliphatic rings. The van der Waals surface area contributed by atoms with Gasteiger partial charge in [-0.25, -0.2) is 9.78 Å². The van der Waals surface area contributed by atoms with Crippen LogP contribution in [0, 0.1) is 0 Å². The predicted octanol–water partition coefficient (Wildman–Crippen LogP) is 2.66. The maximum Gasteiger partial charge on any atom is 0.408 e. The quantitative estimate of drug-likeness (QED) is 0.584. The Bertz CT molecular complexity index is 960. The first-order valence-corrected chi connectivity index (χ1v) is 10.5. The molecule has 0 saturated heterocycles. The largest absolute Gasteiger partial charge is 0.465 e. The number of pyridine rings is 1. The molecule has 3 rings (SSSR count). The summed E-state index contributed by atoms with van der Waals surface area (Å²) in [6.45, 7) is 5.32. The summed E-state index contributed by atoms with van der Waals surface area (Å²) in [5.41, 5.74) is -0.744. The van der Waals surface area contributed by atoms with Gasteiger partial charge in [0, 0.05) is 23.7 Å². The minimum atomic E-state index is -1.12. The fourth-order valence-electron chi connectivity index (χ4n) is 3.97. The maximum atomic E-state index is 12.6. The number of carboxylic acid groups (broad SMARTS) is 1. The van der Waals surface area contributed by atoms with Crippen molar-refractivity contribution in [2.24, 2.45) is 0 Å². The van der Waals surface area contributed by atoms with Crippen LogP contribution in [0.25, 0.3) is 0 Å². The zero-order chi connectivity index (χ0) is 23.5. The van der Waals surface area contributed by atoms with Crippen LogP contribution in [0.5, 0.6) is 0 Å². The van der Waals surface area contributed by atoms with Crippen molar-refractivity contribution in [3.8, 4) is 0 Å². The molecule has 1 saturated carbocycles. The van der Waals surface area contributed by atoms with Crippen LogP contribution in [0.3, 0.4) is 0 Å². The van der Waals surface area contributed by atoms with Crippen molar-refractivity contribution in [1.82, 2.24) is 25.4 Å². The van der Waals surface area contributed by atoms with Crippen molar-refractivity contribution in [2.45, 2.75) is 63.6 Å². The van der Waals surface area contributed by atoms with E-state index in [1.54, 1.807) is 20.8 Å². The maximum absolute atomic E-state index is 12.6. The Morgan fingerprint density at radius 1 is 1.22 bits per heavy atom. The fourth-order valence-corrected chi connectivity index (χ4v) is 4.08. The molecule has 0 spiro atoms. The third-order valence-corrected chi connectivity index (χ3v) is 5.52. The van der Waals surface area contributed by atoms with Gasteiger partial charge in [-0.15, -0.1) is 10.2 Å². The number of carbonyl (C=O) groups excluding carboxylic acids is 2. The molecule has 2 aromatic rings. The topological polar surface area (TPSA) is 151 Å². The van der Waals surface area contributed by atoms with E-state index < -0.39 is 35.5 Å². The zero-order valence-electron chi connectivity index (χ0n) is 17.9. The van der Waals surface area contributed by atoms with Crippen molar-refractivity contribution in [3.63, 3.8) is 0 Å². The molecule has 0 bridgehead atoms.